The van der Waals surface area contributed by atoms with Crippen LogP contribution in [-0.2, 0) is 4.79 Å². The number of aliphatic carboxylic acids is 1. The van der Waals surface area contributed by atoms with Gasteiger partial charge in [0.1, 0.15) is 0 Å². The Morgan fingerprint density at radius 3 is 2.50 bits per heavy atom. The van der Waals surface area contributed by atoms with Gasteiger partial charge in [0.05, 0.1) is 5.41 Å². The van der Waals surface area contributed by atoms with Gasteiger partial charge >= 0.3 is 12.0 Å². The summed E-state index contributed by atoms with van der Waals surface area (Å²) in [6, 6.07) is 1.10. The molecule has 0 aliphatic heterocycles. The standard InChI is InChI=1S/C11H16N4O3/c1-3-11(2,8(16)17)7-14-10(18)15-9-12-5-4-6-13-9/h4-6H,3,7H2,1-2H3,(H,16,17)(H2,12,13,14,15,18). The number of nitrogens with one attached hydrogen (secondary N) is 2. The Balaban J connectivity index is 2.49. The number of carboxylic acids is 1. The van der Waals surface area contributed by atoms with Crippen LogP contribution in [0, 0.1) is 5.41 Å². The second-order valence-electron chi connectivity index (χ2n) is 4.10. The lowest BCUT2D eigenvalue weighted by Gasteiger charge is -2.23. The second kappa shape index (κ2) is 5.95. The van der Waals surface area contributed by atoms with Crippen LogP contribution in [0.3, 0.4) is 0 Å². The SMILES string of the molecule is CCC(C)(CNC(=O)Nc1ncccn1)C(=O)O. The molecule has 0 aliphatic rings. The van der Waals surface area contributed by atoms with Gasteiger partial charge in [-0.1, -0.05) is 6.92 Å². The summed E-state index contributed by atoms with van der Waals surface area (Å²) in [5, 5.41) is 13.9. The predicted molar refractivity (Wildman–Crippen MR) is 65.1 cm³/mol. The average molecular weight is 252 g/mol. The third-order valence-electron chi connectivity index (χ3n) is 2.73. The monoisotopic (exact) mass is 252 g/mol. The van der Waals surface area contributed by atoms with Crippen molar-refractivity contribution in [2.75, 3.05) is 11.9 Å². The molecule has 98 valence electrons. The summed E-state index contributed by atoms with van der Waals surface area (Å²) < 4.78 is 0. The van der Waals surface area contributed by atoms with Crippen LogP contribution in [0.4, 0.5) is 10.7 Å². The van der Waals surface area contributed by atoms with Crippen molar-refractivity contribution in [3.8, 4) is 0 Å². The summed E-state index contributed by atoms with van der Waals surface area (Å²) >= 11 is 0. The van der Waals surface area contributed by atoms with E-state index in [1.165, 1.54) is 12.4 Å². The number of nitrogens with zero attached hydrogens (tertiary/aromatic N) is 2. The van der Waals surface area contributed by atoms with E-state index in [2.05, 4.69) is 20.6 Å². The maximum atomic E-state index is 11.5. The molecule has 1 aromatic rings. The number of anilines is 1. The van der Waals surface area contributed by atoms with Gasteiger partial charge in [-0.25, -0.2) is 14.8 Å². The van der Waals surface area contributed by atoms with Gasteiger partial charge in [-0.05, 0) is 19.4 Å². The second-order valence-corrected chi connectivity index (χ2v) is 4.10. The molecule has 1 heterocycles. The summed E-state index contributed by atoms with van der Waals surface area (Å²) in [6.45, 7) is 3.38. The van der Waals surface area contributed by atoms with Crippen molar-refractivity contribution in [1.82, 2.24) is 15.3 Å². The molecule has 7 nitrogen and oxygen atoms in total. The first-order valence-electron chi connectivity index (χ1n) is 5.53. The van der Waals surface area contributed by atoms with Crippen molar-refractivity contribution < 1.29 is 14.7 Å². The highest BCUT2D eigenvalue weighted by molar-refractivity contribution is 5.87. The van der Waals surface area contributed by atoms with Gasteiger partial charge in [-0.3, -0.25) is 10.1 Å². The van der Waals surface area contributed by atoms with Crippen LogP contribution in [0.1, 0.15) is 20.3 Å². The zero-order valence-electron chi connectivity index (χ0n) is 10.3. The third-order valence-corrected chi connectivity index (χ3v) is 2.73. The number of rotatable bonds is 5. The Morgan fingerprint density at radius 2 is 2.00 bits per heavy atom. The fourth-order valence-electron chi connectivity index (χ4n) is 1.14. The normalized spacial score (nSPS) is 13.4. The predicted octanol–water partition coefficient (Wildman–Crippen LogP) is 1.10. The Labute approximate surface area is 105 Å². The van der Waals surface area contributed by atoms with Crippen LogP contribution in [0.2, 0.25) is 0 Å². The zero-order chi connectivity index (χ0) is 13.6. The number of aromatic nitrogens is 2. The molecular formula is C11H16N4O3. The Bertz CT molecular complexity index is 424. The zero-order valence-corrected chi connectivity index (χ0v) is 10.3. The van der Waals surface area contributed by atoms with Crippen LogP contribution in [0.5, 0.6) is 0 Å². The van der Waals surface area contributed by atoms with E-state index in [-0.39, 0.29) is 12.5 Å². The highest BCUT2D eigenvalue weighted by Gasteiger charge is 2.31. The molecule has 0 aliphatic carbocycles. The van der Waals surface area contributed by atoms with Gasteiger partial charge in [-0.15, -0.1) is 0 Å². The molecule has 7 heteroatoms. The van der Waals surface area contributed by atoms with E-state index in [9.17, 15) is 9.59 Å². The molecule has 18 heavy (non-hydrogen) atoms. The van der Waals surface area contributed by atoms with Gasteiger partial charge in [0.25, 0.3) is 0 Å². The van der Waals surface area contributed by atoms with Gasteiger partial charge in [0.15, 0.2) is 0 Å². The van der Waals surface area contributed by atoms with E-state index in [1.54, 1.807) is 19.9 Å². The van der Waals surface area contributed by atoms with E-state index in [1.807, 2.05) is 0 Å². The van der Waals surface area contributed by atoms with Crippen molar-refractivity contribution >= 4 is 17.9 Å². The molecule has 0 saturated carbocycles. The summed E-state index contributed by atoms with van der Waals surface area (Å²) in [4.78, 5) is 30.2. The summed E-state index contributed by atoms with van der Waals surface area (Å²) in [5.74, 6) is -0.773. The lowest BCUT2D eigenvalue weighted by molar-refractivity contribution is -0.147. The Hall–Kier alpha value is -2.18. The number of hydrogen-bond donors (Lipinski definition) is 3. The minimum Gasteiger partial charge on any atom is -0.481 e. The largest absolute Gasteiger partial charge is 0.481 e. The molecule has 1 rings (SSSR count). The molecule has 0 fully saturated rings. The molecule has 0 bridgehead atoms. The Morgan fingerprint density at radius 1 is 1.39 bits per heavy atom. The molecule has 0 aromatic carbocycles. The maximum Gasteiger partial charge on any atom is 0.321 e. The molecule has 0 saturated heterocycles. The van der Waals surface area contributed by atoms with Crippen molar-refractivity contribution in [2.24, 2.45) is 5.41 Å². The maximum absolute atomic E-state index is 11.5. The minimum absolute atomic E-state index is 0.0392. The molecule has 0 spiro atoms. The molecule has 0 radical (unpaired) electrons. The number of carboxylic acid groups (broad SMARTS) is 1. The smallest absolute Gasteiger partial charge is 0.321 e. The molecule has 3 N–H and O–H groups in total. The topological polar surface area (TPSA) is 104 Å². The van der Waals surface area contributed by atoms with Gasteiger partial charge < -0.3 is 10.4 Å². The van der Waals surface area contributed by atoms with E-state index < -0.39 is 17.4 Å². The van der Waals surface area contributed by atoms with Crippen molar-refractivity contribution in [1.29, 1.82) is 0 Å². The van der Waals surface area contributed by atoms with Crippen LogP contribution < -0.4 is 10.6 Å². The van der Waals surface area contributed by atoms with Crippen molar-refractivity contribution in [3.63, 3.8) is 0 Å². The van der Waals surface area contributed by atoms with E-state index in [0.29, 0.717) is 6.42 Å². The molecule has 2 amide bonds. The summed E-state index contributed by atoms with van der Waals surface area (Å²) in [7, 11) is 0. The molecule has 1 atom stereocenters. The number of carbonyl (C=O) groups excluding carboxylic acids is 1. The summed E-state index contributed by atoms with van der Waals surface area (Å²) in [6.07, 6.45) is 3.41. The fraction of sp³-hybridized carbons (Fsp3) is 0.455. The highest BCUT2D eigenvalue weighted by Crippen LogP contribution is 2.19. The molecule has 1 aromatic heterocycles. The first-order chi connectivity index (χ1) is 8.48. The molecular weight excluding hydrogens is 236 g/mol. The van der Waals surface area contributed by atoms with E-state index in [0.717, 1.165) is 0 Å². The number of urea groups is 1. The lowest BCUT2D eigenvalue weighted by atomic mass is 9.88. The molecule has 1 unspecified atom stereocenters. The van der Waals surface area contributed by atoms with E-state index in [4.69, 9.17) is 5.11 Å². The number of amides is 2. The van der Waals surface area contributed by atoms with Crippen LogP contribution in [0.15, 0.2) is 18.5 Å². The fourth-order valence-corrected chi connectivity index (χ4v) is 1.14. The van der Waals surface area contributed by atoms with Crippen LogP contribution in [0.25, 0.3) is 0 Å². The van der Waals surface area contributed by atoms with Gasteiger partial charge in [0, 0.05) is 18.9 Å². The number of hydrogen-bond acceptors (Lipinski definition) is 4. The highest BCUT2D eigenvalue weighted by atomic mass is 16.4. The van der Waals surface area contributed by atoms with Gasteiger partial charge in [-0.2, -0.15) is 0 Å². The van der Waals surface area contributed by atoms with E-state index >= 15 is 0 Å². The van der Waals surface area contributed by atoms with Crippen LogP contribution >= 0.6 is 0 Å². The lowest BCUT2D eigenvalue weighted by Crippen LogP contribution is -2.42. The number of carbonyl (C=O) groups is 2. The summed E-state index contributed by atoms with van der Waals surface area (Å²) in [5.41, 5.74) is -0.977. The van der Waals surface area contributed by atoms with Crippen molar-refractivity contribution in [2.45, 2.75) is 20.3 Å². The first-order valence-corrected chi connectivity index (χ1v) is 5.53. The first kappa shape index (κ1) is 13.9. The minimum atomic E-state index is -0.977. The van der Waals surface area contributed by atoms with Crippen molar-refractivity contribution in [3.05, 3.63) is 18.5 Å². The third kappa shape index (κ3) is 3.69. The quantitative estimate of drug-likeness (QED) is 0.727. The average Bonchev–Trinajstić information content (AvgIpc) is 2.37. The Kier molecular flexibility index (Phi) is 4.59. The van der Waals surface area contributed by atoms with Gasteiger partial charge in [0.2, 0.25) is 5.95 Å². The van der Waals surface area contributed by atoms with Crippen LogP contribution in [-0.4, -0.2) is 33.6 Å².